The van der Waals surface area contributed by atoms with Crippen LogP contribution >= 0.6 is 15.9 Å². The van der Waals surface area contributed by atoms with Crippen molar-refractivity contribution in [2.75, 3.05) is 5.43 Å². The highest BCUT2D eigenvalue weighted by Crippen LogP contribution is 2.28. The molecule has 0 unspecified atom stereocenters. The molecule has 0 bridgehead atoms. The molecule has 0 fully saturated rings. The maximum atomic E-state index is 4.56. The predicted octanol–water partition coefficient (Wildman–Crippen LogP) is 4.12. The summed E-state index contributed by atoms with van der Waals surface area (Å²) in [6, 6.07) is 16.0. The Hall–Kier alpha value is -2.80. The fourth-order valence-corrected chi connectivity index (χ4v) is 3.12. The third kappa shape index (κ3) is 2.87. The average molecular weight is 395 g/mol. The summed E-state index contributed by atoms with van der Waals surface area (Å²) in [7, 11) is 1.97. The first-order valence-electron chi connectivity index (χ1n) is 7.77. The van der Waals surface area contributed by atoms with E-state index in [1.54, 1.807) is 0 Å². The summed E-state index contributed by atoms with van der Waals surface area (Å²) in [5, 5.41) is 13.9. The second kappa shape index (κ2) is 6.25. The van der Waals surface area contributed by atoms with Crippen molar-refractivity contribution in [1.29, 1.82) is 0 Å². The Morgan fingerprint density at radius 3 is 2.72 bits per heavy atom. The topological polar surface area (TPSA) is 68.0 Å². The van der Waals surface area contributed by atoms with Gasteiger partial charge < -0.3 is 4.57 Å². The molecule has 2 aromatic carbocycles. The number of rotatable bonds is 3. The third-order valence-electron chi connectivity index (χ3n) is 4.08. The SMILES string of the molecule is C/C(=N/Nc1nnc2c3cc(Br)ccc3n(C)c2n1)c1ccccc1. The molecule has 6 nitrogen and oxygen atoms in total. The Labute approximate surface area is 152 Å². The predicted molar refractivity (Wildman–Crippen MR) is 104 cm³/mol. The van der Waals surface area contributed by atoms with E-state index < -0.39 is 0 Å². The first-order chi connectivity index (χ1) is 12.1. The van der Waals surface area contributed by atoms with E-state index in [-0.39, 0.29) is 0 Å². The van der Waals surface area contributed by atoms with Crippen LogP contribution in [0.3, 0.4) is 0 Å². The first kappa shape index (κ1) is 15.7. The second-order valence-corrected chi connectivity index (χ2v) is 6.62. The summed E-state index contributed by atoms with van der Waals surface area (Å²) >= 11 is 3.50. The van der Waals surface area contributed by atoms with Crippen LogP contribution in [0.15, 0.2) is 58.1 Å². The lowest BCUT2D eigenvalue weighted by atomic mass is 10.1. The van der Waals surface area contributed by atoms with E-state index in [2.05, 4.69) is 41.6 Å². The fraction of sp³-hybridized carbons (Fsp3) is 0.111. The van der Waals surface area contributed by atoms with E-state index in [4.69, 9.17) is 0 Å². The minimum atomic E-state index is 0.368. The zero-order valence-electron chi connectivity index (χ0n) is 13.7. The second-order valence-electron chi connectivity index (χ2n) is 5.70. The van der Waals surface area contributed by atoms with E-state index in [1.165, 1.54) is 0 Å². The Morgan fingerprint density at radius 1 is 1.12 bits per heavy atom. The molecule has 7 heteroatoms. The van der Waals surface area contributed by atoms with Gasteiger partial charge >= 0.3 is 0 Å². The fourth-order valence-electron chi connectivity index (χ4n) is 2.76. The van der Waals surface area contributed by atoms with Gasteiger partial charge in [0.25, 0.3) is 5.95 Å². The third-order valence-corrected chi connectivity index (χ3v) is 4.57. The number of halogens is 1. The molecule has 0 amide bonds. The van der Waals surface area contributed by atoms with Crippen LogP contribution in [0.4, 0.5) is 5.95 Å². The molecule has 0 radical (unpaired) electrons. The van der Waals surface area contributed by atoms with Gasteiger partial charge in [0.1, 0.15) is 5.52 Å². The molecular weight excluding hydrogens is 380 g/mol. The van der Waals surface area contributed by atoms with E-state index in [1.807, 2.05) is 67.1 Å². The maximum absolute atomic E-state index is 4.56. The highest BCUT2D eigenvalue weighted by atomic mass is 79.9. The number of hydrazone groups is 1. The largest absolute Gasteiger partial charge is 0.327 e. The number of anilines is 1. The zero-order chi connectivity index (χ0) is 17.4. The van der Waals surface area contributed by atoms with Crippen molar-refractivity contribution in [2.24, 2.45) is 12.1 Å². The summed E-state index contributed by atoms with van der Waals surface area (Å²) in [4.78, 5) is 4.56. The van der Waals surface area contributed by atoms with Crippen LogP contribution in [0.5, 0.6) is 0 Å². The normalized spacial score (nSPS) is 12.0. The van der Waals surface area contributed by atoms with Gasteiger partial charge in [-0.25, -0.2) is 5.43 Å². The van der Waals surface area contributed by atoms with Crippen LogP contribution in [0.2, 0.25) is 0 Å². The van der Waals surface area contributed by atoms with Crippen LogP contribution in [0, 0.1) is 0 Å². The lowest BCUT2D eigenvalue weighted by molar-refractivity contribution is 0.949. The molecule has 2 heterocycles. The van der Waals surface area contributed by atoms with Crippen molar-refractivity contribution in [3.63, 3.8) is 0 Å². The van der Waals surface area contributed by atoms with Crippen LogP contribution in [0.25, 0.3) is 22.1 Å². The number of aryl methyl sites for hydroxylation is 1. The molecule has 0 aliphatic rings. The summed E-state index contributed by atoms with van der Waals surface area (Å²) in [5.74, 6) is 0.368. The summed E-state index contributed by atoms with van der Waals surface area (Å²) in [6.45, 7) is 1.93. The molecule has 1 N–H and O–H groups in total. The Kier molecular flexibility index (Phi) is 3.93. The van der Waals surface area contributed by atoms with E-state index in [9.17, 15) is 0 Å². The molecule has 4 rings (SSSR count). The van der Waals surface area contributed by atoms with Gasteiger partial charge in [0, 0.05) is 16.9 Å². The molecule has 0 saturated heterocycles. The zero-order valence-corrected chi connectivity index (χ0v) is 15.3. The van der Waals surface area contributed by atoms with Gasteiger partial charge in [-0.2, -0.15) is 10.1 Å². The summed E-state index contributed by atoms with van der Waals surface area (Å²) in [6.07, 6.45) is 0. The number of hydrogen-bond donors (Lipinski definition) is 1. The molecule has 25 heavy (non-hydrogen) atoms. The number of aromatic nitrogens is 4. The van der Waals surface area contributed by atoms with Crippen molar-refractivity contribution < 1.29 is 0 Å². The van der Waals surface area contributed by atoms with Gasteiger partial charge in [-0.05, 0) is 30.7 Å². The number of benzene rings is 2. The van der Waals surface area contributed by atoms with E-state index in [0.717, 1.165) is 37.8 Å². The van der Waals surface area contributed by atoms with Gasteiger partial charge in [0.2, 0.25) is 0 Å². The van der Waals surface area contributed by atoms with Crippen LogP contribution in [-0.2, 0) is 7.05 Å². The summed E-state index contributed by atoms with van der Waals surface area (Å²) in [5.41, 5.74) is 7.38. The van der Waals surface area contributed by atoms with Crippen molar-refractivity contribution >= 4 is 49.7 Å². The van der Waals surface area contributed by atoms with Gasteiger partial charge in [0.05, 0.1) is 11.2 Å². The van der Waals surface area contributed by atoms with Gasteiger partial charge in [-0.3, -0.25) is 0 Å². The molecule has 124 valence electrons. The number of nitrogens with one attached hydrogen (secondary N) is 1. The summed E-state index contributed by atoms with van der Waals surface area (Å²) < 4.78 is 3.00. The first-order valence-corrected chi connectivity index (χ1v) is 8.57. The van der Waals surface area contributed by atoms with Crippen LogP contribution in [-0.4, -0.2) is 25.5 Å². The Bertz CT molecular complexity index is 1100. The minimum Gasteiger partial charge on any atom is -0.327 e. The van der Waals surface area contributed by atoms with Gasteiger partial charge in [0.15, 0.2) is 5.65 Å². The van der Waals surface area contributed by atoms with Crippen molar-refractivity contribution in [3.05, 3.63) is 58.6 Å². The molecule has 0 aliphatic carbocycles. The molecule has 2 aromatic heterocycles. The van der Waals surface area contributed by atoms with Crippen LogP contribution in [0.1, 0.15) is 12.5 Å². The molecular formula is C18H15BrN6. The highest BCUT2D eigenvalue weighted by molar-refractivity contribution is 9.10. The van der Waals surface area contributed by atoms with Gasteiger partial charge in [-0.1, -0.05) is 46.3 Å². The van der Waals surface area contributed by atoms with E-state index >= 15 is 0 Å². The quantitative estimate of drug-likeness (QED) is 0.419. The molecule has 0 atom stereocenters. The minimum absolute atomic E-state index is 0.368. The number of hydrogen-bond acceptors (Lipinski definition) is 5. The van der Waals surface area contributed by atoms with Crippen molar-refractivity contribution in [2.45, 2.75) is 6.92 Å². The van der Waals surface area contributed by atoms with Gasteiger partial charge in [-0.15, -0.1) is 10.2 Å². The maximum Gasteiger partial charge on any atom is 0.265 e. The molecule has 0 spiro atoms. The number of fused-ring (bicyclic) bond motifs is 3. The van der Waals surface area contributed by atoms with Crippen LogP contribution < -0.4 is 5.43 Å². The standard InChI is InChI=1S/C18H15BrN6/c1-11(12-6-4-3-5-7-12)21-23-18-20-17-16(22-24-18)14-10-13(19)8-9-15(14)25(17)2/h3-10H,1-2H3,(H,20,23,24)/b21-11-. The number of nitrogens with zero attached hydrogens (tertiary/aromatic N) is 5. The van der Waals surface area contributed by atoms with Crippen molar-refractivity contribution in [3.8, 4) is 0 Å². The monoisotopic (exact) mass is 394 g/mol. The lowest BCUT2D eigenvalue weighted by Gasteiger charge is -2.02. The Morgan fingerprint density at radius 2 is 1.92 bits per heavy atom. The molecule has 4 aromatic rings. The Balaban J connectivity index is 1.72. The lowest BCUT2D eigenvalue weighted by Crippen LogP contribution is -2.04. The highest BCUT2D eigenvalue weighted by Gasteiger charge is 2.12. The van der Waals surface area contributed by atoms with Crippen molar-refractivity contribution in [1.82, 2.24) is 19.7 Å². The molecule has 0 saturated carbocycles. The molecule has 0 aliphatic heterocycles. The smallest absolute Gasteiger partial charge is 0.265 e. The van der Waals surface area contributed by atoms with E-state index in [0.29, 0.717) is 5.95 Å². The average Bonchev–Trinajstić information content (AvgIpc) is 2.92.